The van der Waals surface area contributed by atoms with Crippen LogP contribution in [0.5, 0.6) is 0 Å². The van der Waals surface area contributed by atoms with Gasteiger partial charge in [-0.3, -0.25) is 10.1 Å². The minimum absolute atomic E-state index is 0.117. The van der Waals surface area contributed by atoms with E-state index >= 15 is 0 Å². The van der Waals surface area contributed by atoms with Crippen LogP contribution in [-0.4, -0.2) is 37.0 Å². The highest BCUT2D eigenvalue weighted by Gasteiger charge is 2.13. The van der Waals surface area contributed by atoms with Crippen molar-refractivity contribution in [1.29, 1.82) is 0 Å². The molecule has 0 aliphatic rings. The van der Waals surface area contributed by atoms with Crippen LogP contribution in [0.25, 0.3) is 16.2 Å². The topological polar surface area (TPSA) is 97.1 Å². The summed E-state index contributed by atoms with van der Waals surface area (Å²) in [5, 5.41) is 12.4. The van der Waals surface area contributed by atoms with Crippen molar-refractivity contribution in [2.45, 2.75) is 33.6 Å². The molecule has 0 aliphatic carbocycles. The highest BCUT2D eigenvalue weighted by molar-refractivity contribution is 7.15. The van der Waals surface area contributed by atoms with Gasteiger partial charge >= 0.3 is 0 Å². The Kier molecular flexibility index (Phi) is 5.71. The Hall–Kier alpha value is -3.33. The number of nitrogens with zero attached hydrogens (tertiary/aromatic N) is 5. The zero-order chi connectivity index (χ0) is 21.1. The average Bonchev–Trinajstić information content (AvgIpc) is 3.25. The minimum atomic E-state index is -0.117. The van der Waals surface area contributed by atoms with Crippen LogP contribution in [0.15, 0.2) is 35.7 Å². The molecule has 0 saturated heterocycles. The molecule has 3 aromatic heterocycles. The van der Waals surface area contributed by atoms with Crippen LogP contribution in [0.1, 0.15) is 29.8 Å². The summed E-state index contributed by atoms with van der Waals surface area (Å²) in [7, 11) is 0. The summed E-state index contributed by atoms with van der Waals surface area (Å²) < 4.78 is 1.77. The number of hydrogen-bond donors (Lipinski definition) is 2. The molecular formula is C21H23N7OS. The zero-order valence-electron chi connectivity index (χ0n) is 17.1. The van der Waals surface area contributed by atoms with Crippen molar-refractivity contribution >= 4 is 34.1 Å². The van der Waals surface area contributed by atoms with Gasteiger partial charge < -0.3 is 5.32 Å². The molecule has 3 heterocycles. The fourth-order valence-electron chi connectivity index (χ4n) is 3.10. The summed E-state index contributed by atoms with van der Waals surface area (Å²) in [6.45, 7) is 6.53. The number of aromatic nitrogens is 5. The average molecular weight is 422 g/mol. The van der Waals surface area contributed by atoms with E-state index in [0.717, 1.165) is 27.6 Å². The molecule has 0 atom stereocenters. The number of benzene rings is 1. The lowest BCUT2D eigenvalue weighted by Gasteiger charge is -2.06. The van der Waals surface area contributed by atoms with Crippen molar-refractivity contribution in [2.75, 3.05) is 17.2 Å². The summed E-state index contributed by atoms with van der Waals surface area (Å²) >= 11 is 1.50. The molecule has 1 aromatic carbocycles. The third-order valence-electron chi connectivity index (χ3n) is 4.53. The van der Waals surface area contributed by atoms with Gasteiger partial charge in [-0.05, 0) is 33.3 Å². The van der Waals surface area contributed by atoms with Gasteiger partial charge in [-0.2, -0.15) is 4.98 Å². The summed E-state index contributed by atoms with van der Waals surface area (Å²) in [5.74, 6) is 0.798. The molecule has 4 aromatic rings. The van der Waals surface area contributed by atoms with Crippen LogP contribution in [-0.2, 0) is 4.79 Å². The van der Waals surface area contributed by atoms with Gasteiger partial charge in [-0.15, -0.1) is 16.4 Å². The van der Waals surface area contributed by atoms with Crippen molar-refractivity contribution in [3.8, 4) is 11.3 Å². The summed E-state index contributed by atoms with van der Waals surface area (Å²) in [6.07, 6.45) is 1.01. The summed E-state index contributed by atoms with van der Waals surface area (Å²) in [5.41, 5.74) is 5.06. The van der Waals surface area contributed by atoms with Crippen LogP contribution < -0.4 is 10.6 Å². The van der Waals surface area contributed by atoms with E-state index in [-0.39, 0.29) is 5.91 Å². The first-order chi connectivity index (χ1) is 14.5. The van der Waals surface area contributed by atoms with E-state index < -0.39 is 0 Å². The van der Waals surface area contributed by atoms with Crippen molar-refractivity contribution in [2.24, 2.45) is 0 Å². The molecule has 0 radical (unpaired) electrons. The van der Waals surface area contributed by atoms with E-state index in [1.54, 1.807) is 4.52 Å². The third kappa shape index (κ3) is 4.62. The lowest BCUT2D eigenvalue weighted by atomic mass is 10.1. The lowest BCUT2D eigenvalue weighted by Crippen LogP contribution is -2.15. The number of thiazole rings is 1. The number of nitrogens with one attached hydrogen (secondary N) is 2. The summed E-state index contributed by atoms with van der Waals surface area (Å²) in [4.78, 5) is 26.1. The van der Waals surface area contributed by atoms with Gasteiger partial charge in [0.25, 0.3) is 0 Å². The Balaban J connectivity index is 1.32. The number of rotatable bonds is 7. The Morgan fingerprint density at radius 2 is 1.77 bits per heavy atom. The number of fused-ring (bicyclic) bond motifs is 1. The molecule has 0 bridgehead atoms. The maximum atomic E-state index is 12.3. The predicted octanol–water partition coefficient (Wildman–Crippen LogP) is 4.00. The molecule has 0 saturated carbocycles. The molecular weight excluding hydrogens is 398 g/mol. The SMILES string of the molecule is Cc1ccc(-c2csc3nc(NC(=O)CCCNc4nc(C)cc(C)n4)nn23)cc1. The second kappa shape index (κ2) is 8.58. The Morgan fingerprint density at radius 1 is 1.03 bits per heavy atom. The molecule has 4 rings (SSSR count). The largest absolute Gasteiger partial charge is 0.354 e. The van der Waals surface area contributed by atoms with Gasteiger partial charge in [-0.25, -0.2) is 14.5 Å². The highest BCUT2D eigenvalue weighted by Crippen LogP contribution is 2.26. The Labute approximate surface area is 178 Å². The maximum absolute atomic E-state index is 12.3. The van der Waals surface area contributed by atoms with Crippen LogP contribution in [0.3, 0.4) is 0 Å². The molecule has 1 amide bonds. The van der Waals surface area contributed by atoms with E-state index in [0.29, 0.717) is 31.3 Å². The van der Waals surface area contributed by atoms with Crippen molar-refractivity contribution in [3.05, 3.63) is 52.7 Å². The fourth-order valence-corrected chi connectivity index (χ4v) is 3.93. The normalized spacial score (nSPS) is 11.0. The van der Waals surface area contributed by atoms with Gasteiger partial charge in [-0.1, -0.05) is 29.8 Å². The molecule has 154 valence electrons. The Morgan fingerprint density at radius 3 is 2.50 bits per heavy atom. The molecule has 0 unspecified atom stereocenters. The molecule has 0 fully saturated rings. The monoisotopic (exact) mass is 421 g/mol. The van der Waals surface area contributed by atoms with Crippen LogP contribution in [0.4, 0.5) is 11.9 Å². The van der Waals surface area contributed by atoms with Gasteiger partial charge in [0.2, 0.25) is 22.8 Å². The second-order valence-electron chi connectivity index (χ2n) is 7.17. The smallest absolute Gasteiger partial charge is 0.250 e. The number of anilines is 2. The number of aryl methyl sites for hydroxylation is 3. The van der Waals surface area contributed by atoms with Crippen molar-refractivity contribution in [3.63, 3.8) is 0 Å². The zero-order valence-corrected chi connectivity index (χ0v) is 18.0. The third-order valence-corrected chi connectivity index (χ3v) is 5.34. The van der Waals surface area contributed by atoms with Crippen molar-refractivity contribution in [1.82, 2.24) is 24.6 Å². The molecule has 30 heavy (non-hydrogen) atoms. The first-order valence-corrected chi connectivity index (χ1v) is 10.6. The first-order valence-electron chi connectivity index (χ1n) is 9.75. The quantitative estimate of drug-likeness (QED) is 0.438. The first kappa shape index (κ1) is 20.0. The number of amides is 1. The minimum Gasteiger partial charge on any atom is -0.354 e. The van der Waals surface area contributed by atoms with Gasteiger partial charge in [0.1, 0.15) is 0 Å². The molecule has 8 nitrogen and oxygen atoms in total. The molecule has 0 aliphatic heterocycles. The van der Waals surface area contributed by atoms with E-state index in [1.165, 1.54) is 16.9 Å². The number of hydrogen-bond acceptors (Lipinski definition) is 7. The fraction of sp³-hybridized carbons (Fsp3) is 0.286. The Bertz CT molecular complexity index is 1160. The van der Waals surface area contributed by atoms with Gasteiger partial charge in [0, 0.05) is 35.3 Å². The van der Waals surface area contributed by atoms with E-state index in [1.807, 2.05) is 25.3 Å². The summed E-state index contributed by atoms with van der Waals surface area (Å²) in [6, 6.07) is 10.2. The van der Waals surface area contributed by atoms with E-state index in [2.05, 4.69) is 61.9 Å². The number of carbonyl (C=O) groups excluding carboxylic acids is 1. The van der Waals surface area contributed by atoms with Gasteiger partial charge in [0.05, 0.1) is 5.69 Å². The predicted molar refractivity (Wildman–Crippen MR) is 119 cm³/mol. The molecule has 2 N–H and O–H groups in total. The van der Waals surface area contributed by atoms with Crippen LogP contribution >= 0.6 is 11.3 Å². The second-order valence-corrected chi connectivity index (χ2v) is 8.01. The van der Waals surface area contributed by atoms with Crippen LogP contribution in [0, 0.1) is 20.8 Å². The molecule has 0 spiro atoms. The standard InChI is InChI=1S/C21H23N7OS/c1-13-6-8-16(9-7-13)17-12-30-21-26-20(27-28(17)21)25-18(29)5-4-10-22-19-23-14(2)11-15(3)24-19/h6-9,11-12H,4-5,10H2,1-3H3,(H,22,23,24)(H,25,27,29). The van der Waals surface area contributed by atoms with Crippen molar-refractivity contribution < 1.29 is 4.79 Å². The van der Waals surface area contributed by atoms with Crippen LogP contribution in [0.2, 0.25) is 0 Å². The molecule has 9 heteroatoms. The lowest BCUT2D eigenvalue weighted by molar-refractivity contribution is -0.116. The number of carbonyl (C=O) groups is 1. The highest BCUT2D eigenvalue weighted by atomic mass is 32.1. The van der Waals surface area contributed by atoms with E-state index in [4.69, 9.17) is 0 Å². The van der Waals surface area contributed by atoms with E-state index in [9.17, 15) is 4.79 Å². The van der Waals surface area contributed by atoms with Gasteiger partial charge in [0.15, 0.2) is 0 Å². The maximum Gasteiger partial charge on any atom is 0.250 e.